The maximum absolute atomic E-state index is 13.5. The van der Waals surface area contributed by atoms with Crippen molar-refractivity contribution in [3.8, 4) is 18.4 Å². The Kier molecular flexibility index (Phi) is 7.43. The number of nitrogens with one attached hydrogen (secondary N) is 1. The van der Waals surface area contributed by atoms with Crippen molar-refractivity contribution >= 4 is 23.3 Å². The van der Waals surface area contributed by atoms with Gasteiger partial charge in [0.2, 0.25) is 11.8 Å². The topological polar surface area (TPSA) is 90.9 Å². The van der Waals surface area contributed by atoms with Crippen molar-refractivity contribution in [2.45, 2.75) is 57.0 Å². The largest absolute Gasteiger partial charge is 0.462 e. The summed E-state index contributed by atoms with van der Waals surface area (Å²) in [6.45, 7) is 6.97. The Bertz CT molecular complexity index is 1400. The van der Waals surface area contributed by atoms with Crippen LogP contribution >= 0.6 is 0 Å². The molecule has 4 aliphatic rings. The molecule has 1 aromatic heterocycles. The van der Waals surface area contributed by atoms with Crippen LogP contribution in [-0.4, -0.2) is 83.5 Å². The number of hydrogen-bond donors (Lipinski definition) is 1. The standard InChI is InChI=1S/C32H38N6O3/c1-4-9-23-20-37(16-17-38(23)28(39)5-2)29-25-13-14-32(18-22-10-6-7-12-26(22)33-30(32)40)19-27(25)34-31(35-29)41-21-24-11-8-15-36(24)3/h1,5-7,10,12,23-24H,2,8-9,11,13-21H2,3H3,(H,33,40). The molecule has 1 spiro atoms. The number of para-hydroxylation sites is 1. The van der Waals surface area contributed by atoms with Crippen LogP contribution in [0.3, 0.4) is 0 Å². The Morgan fingerprint density at radius 3 is 2.88 bits per heavy atom. The Balaban J connectivity index is 1.33. The van der Waals surface area contributed by atoms with E-state index in [2.05, 4.69) is 40.7 Å². The van der Waals surface area contributed by atoms with Gasteiger partial charge in [-0.3, -0.25) is 9.59 Å². The van der Waals surface area contributed by atoms with E-state index in [1.54, 1.807) is 0 Å². The van der Waals surface area contributed by atoms with Gasteiger partial charge in [0.15, 0.2) is 0 Å². The van der Waals surface area contributed by atoms with Crippen LogP contribution in [0.15, 0.2) is 36.9 Å². The molecule has 6 rings (SSSR count). The summed E-state index contributed by atoms with van der Waals surface area (Å²) in [5, 5.41) is 3.16. The van der Waals surface area contributed by atoms with Crippen LogP contribution in [0.1, 0.15) is 42.5 Å². The second kappa shape index (κ2) is 11.2. The number of nitrogens with zero attached hydrogens (tertiary/aromatic N) is 5. The summed E-state index contributed by atoms with van der Waals surface area (Å²) >= 11 is 0. The molecule has 3 aliphatic heterocycles. The lowest BCUT2D eigenvalue weighted by atomic mass is 9.67. The van der Waals surface area contributed by atoms with E-state index >= 15 is 0 Å². The minimum Gasteiger partial charge on any atom is -0.462 e. The molecule has 2 amide bonds. The number of piperazine rings is 1. The minimum atomic E-state index is -0.559. The zero-order chi connectivity index (χ0) is 28.6. The molecule has 3 atom stereocenters. The predicted molar refractivity (Wildman–Crippen MR) is 158 cm³/mol. The van der Waals surface area contributed by atoms with Gasteiger partial charge in [-0.15, -0.1) is 12.3 Å². The van der Waals surface area contributed by atoms with Crippen LogP contribution in [0.4, 0.5) is 11.5 Å². The lowest BCUT2D eigenvalue weighted by molar-refractivity contribution is -0.128. The van der Waals surface area contributed by atoms with Crippen molar-refractivity contribution in [1.82, 2.24) is 19.8 Å². The summed E-state index contributed by atoms with van der Waals surface area (Å²) in [4.78, 5) is 42.3. The number of terminal acetylenes is 1. The highest BCUT2D eigenvalue weighted by Crippen LogP contribution is 2.45. The Labute approximate surface area is 242 Å². The van der Waals surface area contributed by atoms with Gasteiger partial charge in [-0.1, -0.05) is 24.8 Å². The van der Waals surface area contributed by atoms with Gasteiger partial charge in [-0.25, -0.2) is 0 Å². The highest BCUT2D eigenvalue weighted by atomic mass is 16.5. The molecule has 0 radical (unpaired) electrons. The SMILES string of the molecule is C#CCC1CN(c2nc(OCC3CCCN3C)nc3c2CCC2(Cc4ccccc4NC2=O)C3)CCN1C(=O)C=C. The van der Waals surface area contributed by atoms with Gasteiger partial charge < -0.3 is 24.8 Å². The maximum atomic E-state index is 13.5. The Hall–Kier alpha value is -3.90. The monoisotopic (exact) mass is 554 g/mol. The number of hydrogen-bond acceptors (Lipinski definition) is 7. The van der Waals surface area contributed by atoms with E-state index in [0.717, 1.165) is 47.7 Å². The van der Waals surface area contributed by atoms with Crippen molar-refractivity contribution < 1.29 is 14.3 Å². The Morgan fingerprint density at radius 1 is 1.24 bits per heavy atom. The number of carbonyl (C=O) groups is 2. The van der Waals surface area contributed by atoms with Crippen LogP contribution < -0.4 is 15.0 Å². The molecule has 2 fully saturated rings. The Morgan fingerprint density at radius 2 is 2.10 bits per heavy atom. The molecule has 1 N–H and O–H groups in total. The number of benzene rings is 1. The average molecular weight is 555 g/mol. The molecule has 2 saturated heterocycles. The molecule has 4 heterocycles. The van der Waals surface area contributed by atoms with Crippen molar-refractivity contribution in [1.29, 1.82) is 0 Å². The highest BCUT2D eigenvalue weighted by molar-refractivity contribution is 5.99. The number of likely N-dealkylation sites (tertiary alicyclic amines) is 1. The third-order valence-electron chi connectivity index (χ3n) is 9.36. The molecule has 2 aromatic rings. The molecular weight excluding hydrogens is 516 g/mol. The molecule has 0 saturated carbocycles. The lowest BCUT2D eigenvalue weighted by Crippen LogP contribution is -2.55. The number of ether oxygens (including phenoxy) is 1. The fourth-order valence-corrected chi connectivity index (χ4v) is 6.96. The number of fused-ring (bicyclic) bond motifs is 2. The molecule has 9 nitrogen and oxygen atoms in total. The smallest absolute Gasteiger partial charge is 0.318 e. The second-order valence-corrected chi connectivity index (χ2v) is 11.8. The first-order valence-electron chi connectivity index (χ1n) is 14.6. The summed E-state index contributed by atoms with van der Waals surface area (Å²) in [5.74, 6) is 3.53. The highest BCUT2D eigenvalue weighted by Gasteiger charge is 2.46. The first-order valence-corrected chi connectivity index (χ1v) is 14.6. The van der Waals surface area contributed by atoms with Gasteiger partial charge in [0.25, 0.3) is 0 Å². The summed E-state index contributed by atoms with van der Waals surface area (Å²) < 4.78 is 6.27. The summed E-state index contributed by atoms with van der Waals surface area (Å²) in [6.07, 6.45) is 12.4. The van der Waals surface area contributed by atoms with Crippen LogP contribution in [0.5, 0.6) is 6.01 Å². The van der Waals surface area contributed by atoms with E-state index in [1.807, 2.05) is 23.1 Å². The van der Waals surface area contributed by atoms with Crippen LogP contribution in [-0.2, 0) is 28.9 Å². The molecular formula is C32H38N6O3. The van der Waals surface area contributed by atoms with Crippen molar-refractivity contribution in [3.63, 3.8) is 0 Å². The predicted octanol–water partition coefficient (Wildman–Crippen LogP) is 2.85. The summed E-state index contributed by atoms with van der Waals surface area (Å²) in [6, 6.07) is 8.58. The average Bonchev–Trinajstić information content (AvgIpc) is 3.40. The van der Waals surface area contributed by atoms with E-state index in [0.29, 0.717) is 70.4 Å². The van der Waals surface area contributed by atoms with Gasteiger partial charge in [0.1, 0.15) is 12.4 Å². The third kappa shape index (κ3) is 5.17. The fourth-order valence-electron chi connectivity index (χ4n) is 6.96. The first kappa shape index (κ1) is 27.3. The zero-order valence-electron chi connectivity index (χ0n) is 23.8. The lowest BCUT2D eigenvalue weighted by Gasteiger charge is -2.43. The number of amides is 2. The van der Waals surface area contributed by atoms with Gasteiger partial charge >= 0.3 is 6.01 Å². The number of anilines is 2. The molecule has 1 aromatic carbocycles. The number of carbonyl (C=O) groups excluding carboxylic acids is 2. The van der Waals surface area contributed by atoms with Crippen LogP contribution in [0, 0.1) is 17.8 Å². The maximum Gasteiger partial charge on any atom is 0.318 e. The second-order valence-electron chi connectivity index (χ2n) is 11.8. The van der Waals surface area contributed by atoms with Crippen molar-refractivity contribution in [3.05, 3.63) is 53.7 Å². The number of rotatable bonds is 6. The van der Waals surface area contributed by atoms with E-state index < -0.39 is 5.41 Å². The molecule has 1 aliphatic carbocycles. The molecule has 214 valence electrons. The van der Waals surface area contributed by atoms with Crippen LogP contribution in [0.25, 0.3) is 0 Å². The fraction of sp³-hybridized carbons (Fsp3) is 0.500. The van der Waals surface area contributed by atoms with Crippen molar-refractivity contribution in [2.24, 2.45) is 5.41 Å². The molecule has 0 bridgehead atoms. The minimum absolute atomic E-state index is 0.0581. The summed E-state index contributed by atoms with van der Waals surface area (Å²) in [7, 11) is 2.12. The first-order chi connectivity index (χ1) is 19.9. The van der Waals surface area contributed by atoms with Gasteiger partial charge in [-0.2, -0.15) is 9.97 Å². The van der Waals surface area contributed by atoms with Gasteiger partial charge in [0.05, 0.1) is 17.2 Å². The normalized spacial score (nSPS) is 25.7. The molecule has 41 heavy (non-hydrogen) atoms. The van der Waals surface area contributed by atoms with E-state index in [-0.39, 0.29) is 17.9 Å². The molecule has 9 heteroatoms. The molecule has 3 unspecified atom stereocenters. The number of aromatic nitrogens is 2. The zero-order valence-corrected chi connectivity index (χ0v) is 23.8. The van der Waals surface area contributed by atoms with Crippen molar-refractivity contribution in [2.75, 3.05) is 50.1 Å². The third-order valence-corrected chi connectivity index (χ3v) is 9.36. The van der Waals surface area contributed by atoms with E-state index in [4.69, 9.17) is 21.1 Å². The summed E-state index contributed by atoms with van der Waals surface area (Å²) in [5.41, 5.74) is 3.44. The number of likely N-dealkylation sites (N-methyl/N-ethyl adjacent to an activating group) is 1. The quantitative estimate of drug-likeness (QED) is 0.434. The van der Waals surface area contributed by atoms with Gasteiger partial charge in [0, 0.05) is 49.8 Å². The van der Waals surface area contributed by atoms with Gasteiger partial charge in [-0.05, 0) is 63.4 Å². The van der Waals surface area contributed by atoms with Crippen LogP contribution in [0.2, 0.25) is 0 Å². The van der Waals surface area contributed by atoms with E-state index in [9.17, 15) is 9.59 Å². The van der Waals surface area contributed by atoms with E-state index in [1.165, 1.54) is 6.08 Å².